The van der Waals surface area contributed by atoms with Crippen LogP contribution in [0.5, 0.6) is 0 Å². The molecule has 0 N–H and O–H groups in total. The second-order valence-electron chi connectivity index (χ2n) is 16.9. The van der Waals surface area contributed by atoms with Crippen molar-refractivity contribution in [1.82, 2.24) is 29.9 Å². The molecule has 0 radical (unpaired) electrons. The van der Waals surface area contributed by atoms with Gasteiger partial charge in [0.05, 0.1) is 5.41 Å². The first-order chi connectivity index (χ1) is 33.2. The van der Waals surface area contributed by atoms with E-state index in [1.165, 1.54) is 33.4 Å². The first-order valence-corrected chi connectivity index (χ1v) is 22.3. The Morgan fingerprint density at radius 1 is 0.224 bits per heavy atom. The molecule has 1 aliphatic carbocycles. The molecule has 1 aliphatic rings. The van der Waals surface area contributed by atoms with E-state index in [9.17, 15) is 0 Å². The largest absolute Gasteiger partial charge is 0.263 e. The van der Waals surface area contributed by atoms with E-state index >= 15 is 0 Å². The van der Waals surface area contributed by atoms with E-state index in [-0.39, 0.29) is 0 Å². The summed E-state index contributed by atoms with van der Waals surface area (Å²) in [6, 6.07) is 66.8. The fourth-order valence-electron chi connectivity index (χ4n) is 9.92. The lowest BCUT2D eigenvalue weighted by atomic mass is 9.67. The summed E-state index contributed by atoms with van der Waals surface area (Å²) in [5.41, 5.74) is 21.7. The Hall–Kier alpha value is -9.00. The van der Waals surface area contributed by atoms with Crippen molar-refractivity contribution in [1.29, 1.82) is 0 Å². The van der Waals surface area contributed by atoms with Crippen LogP contribution in [0.4, 0.5) is 0 Å². The summed E-state index contributed by atoms with van der Waals surface area (Å²) in [6.45, 7) is 0. The Balaban J connectivity index is 1.03. The molecule has 0 amide bonds. The minimum Gasteiger partial charge on any atom is -0.263 e. The molecule has 0 unspecified atom stereocenters. The number of hydrogen-bond donors (Lipinski definition) is 0. The summed E-state index contributed by atoms with van der Waals surface area (Å²) in [5, 5.41) is 0. The van der Waals surface area contributed by atoms with Crippen molar-refractivity contribution in [3.05, 3.63) is 266 Å². The van der Waals surface area contributed by atoms with Crippen molar-refractivity contribution in [2.24, 2.45) is 0 Å². The fraction of sp³-hybridized carbons (Fsp3) is 0.0164. The molecule has 6 heteroatoms. The summed E-state index contributed by atoms with van der Waals surface area (Å²) in [5.74, 6) is 0. The number of aromatic nitrogens is 6. The number of nitrogens with zero attached hydrogens (tertiary/aromatic N) is 6. The van der Waals surface area contributed by atoms with Crippen LogP contribution in [0, 0.1) is 0 Å². The highest BCUT2D eigenvalue weighted by atomic mass is 14.8. The molecule has 0 saturated carbocycles. The summed E-state index contributed by atoms with van der Waals surface area (Å²) < 4.78 is 0. The normalized spacial score (nSPS) is 12.3. The second kappa shape index (κ2) is 16.8. The van der Waals surface area contributed by atoms with Gasteiger partial charge in [0.25, 0.3) is 0 Å². The van der Waals surface area contributed by atoms with Crippen LogP contribution in [0.25, 0.3) is 89.0 Å². The smallest absolute Gasteiger partial charge is 0.115 e. The number of pyridine rings is 2. The lowest BCUT2D eigenvalue weighted by Crippen LogP contribution is -2.28. The molecule has 0 bridgehead atoms. The average Bonchev–Trinajstić information content (AvgIpc) is 3.72. The molecule has 0 spiro atoms. The Kier molecular flexibility index (Phi) is 9.95. The van der Waals surface area contributed by atoms with E-state index < -0.39 is 5.41 Å². The van der Waals surface area contributed by atoms with Crippen molar-refractivity contribution in [2.45, 2.75) is 5.41 Å². The second-order valence-corrected chi connectivity index (χ2v) is 16.9. The molecular weight excluding hydrogens is 817 g/mol. The van der Waals surface area contributed by atoms with Crippen molar-refractivity contribution < 1.29 is 0 Å². The van der Waals surface area contributed by atoms with Crippen molar-refractivity contribution in [3.63, 3.8) is 0 Å². The molecule has 12 rings (SSSR count). The van der Waals surface area contributed by atoms with Gasteiger partial charge >= 0.3 is 0 Å². The Bertz CT molecular complexity index is 3390. The van der Waals surface area contributed by atoms with Gasteiger partial charge in [-0.05, 0) is 126 Å². The van der Waals surface area contributed by atoms with Crippen LogP contribution in [0.15, 0.2) is 244 Å². The lowest BCUT2D eigenvalue weighted by molar-refractivity contribution is 0.769. The lowest BCUT2D eigenvalue weighted by Gasteiger charge is -2.34. The van der Waals surface area contributed by atoms with Gasteiger partial charge in [0.2, 0.25) is 0 Å². The van der Waals surface area contributed by atoms with E-state index in [1.54, 1.807) is 12.7 Å². The van der Waals surface area contributed by atoms with Crippen molar-refractivity contribution in [2.75, 3.05) is 0 Å². The first-order valence-electron chi connectivity index (χ1n) is 22.3. The Labute approximate surface area is 389 Å². The average molecular weight is 857 g/mol. The minimum absolute atomic E-state index is 0.517. The molecule has 0 saturated heterocycles. The Morgan fingerprint density at radius 3 is 1.07 bits per heavy atom. The van der Waals surface area contributed by atoms with Crippen LogP contribution in [-0.2, 0) is 5.41 Å². The van der Waals surface area contributed by atoms with Gasteiger partial charge in [0.15, 0.2) is 0 Å². The maximum atomic E-state index is 4.64. The SMILES string of the molecule is c1ccc(C2(c3ccccc3)c3ccccc3-c3ccc(-c4cc(-c5cccc(-c6cncc(-c7cncnc7)c6)c5)cc(-c5cccc(-c6cncc(-c7cncnc7)c6)c5)c4)cc32)cc1. The van der Waals surface area contributed by atoms with Gasteiger partial charge in [-0.3, -0.25) is 9.97 Å². The predicted octanol–water partition coefficient (Wildman–Crippen LogP) is 14.1. The third-order valence-corrected chi connectivity index (χ3v) is 13.0. The van der Waals surface area contributed by atoms with Crippen LogP contribution in [0.2, 0.25) is 0 Å². The number of hydrogen-bond acceptors (Lipinski definition) is 6. The summed E-state index contributed by atoms with van der Waals surface area (Å²) in [7, 11) is 0. The van der Waals surface area contributed by atoms with Gasteiger partial charge in [-0.25, -0.2) is 19.9 Å². The maximum absolute atomic E-state index is 4.64. The zero-order chi connectivity index (χ0) is 44.6. The van der Waals surface area contributed by atoms with Crippen LogP contribution in [-0.4, -0.2) is 29.9 Å². The molecule has 11 aromatic rings. The minimum atomic E-state index is -0.517. The molecule has 0 aliphatic heterocycles. The number of rotatable bonds is 9. The predicted molar refractivity (Wildman–Crippen MR) is 269 cm³/mol. The highest BCUT2D eigenvalue weighted by Gasteiger charge is 2.46. The quantitative estimate of drug-likeness (QED) is 0.144. The molecule has 4 heterocycles. The van der Waals surface area contributed by atoms with E-state index in [1.807, 2.05) is 49.6 Å². The first kappa shape index (κ1) is 39.6. The number of benzene rings is 7. The molecule has 314 valence electrons. The molecule has 67 heavy (non-hydrogen) atoms. The van der Waals surface area contributed by atoms with E-state index in [0.717, 1.165) is 77.9 Å². The third kappa shape index (κ3) is 7.18. The molecular formula is C61H40N6. The van der Waals surface area contributed by atoms with E-state index in [2.05, 4.69) is 212 Å². The van der Waals surface area contributed by atoms with Gasteiger partial charge < -0.3 is 0 Å². The summed E-state index contributed by atoms with van der Waals surface area (Å²) in [4.78, 5) is 26.2. The summed E-state index contributed by atoms with van der Waals surface area (Å²) in [6.07, 6.45) is 17.9. The Morgan fingerprint density at radius 2 is 0.582 bits per heavy atom. The molecule has 4 aromatic heterocycles. The van der Waals surface area contributed by atoms with Crippen LogP contribution >= 0.6 is 0 Å². The van der Waals surface area contributed by atoms with Crippen LogP contribution < -0.4 is 0 Å². The zero-order valence-corrected chi connectivity index (χ0v) is 36.3. The van der Waals surface area contributed by atoms with E-state index in [0.29, 0.717) is 0 Å². The molecule has 0 fully saturated rings. The van der Waals surface area contributed by atoms with Crippen molar-refractivity contribution in [3.8, 4) is 89.0 Å². The summed E-state index contributed by atoms with van der Waals surface area (Å²) >= 11 is 0. The van der Waals surface area contributed by atoms with Gasteiger partial charge in [0.1, 0.15) is 12.7 Å². The maximum Gasteiger partial charge on any atom is 0.115 e. The van der Waals surface area contributed by atoms with Gasteiger partial charge in [-0.1, -0.05) is 133 Å². The monoisotopic (exact) mass is 856 g/mol. The molecule has 0 atom stereocenters. The van der Waals surface area contributed by atoms with Gasteiger partial charge in [0, 0.05) is 83.0 Å². The van der Waals surface area contributed by atoms with Crippen molar-refractivity contribution >= 4 is 0 Å². The fourth-order valence-corrected chi connectivity index (χ4v) is 9.92. The highest BCUT2D eigenvalue weighted by Crippen LogP contribution is 2.57. The topological polar surface area (TPSA) is 77.3 Å². The van der Waals surface area contributed by atoms with Crippen LogP contribution in [0.1, 0.15) is 22.3 Å². The van der Waals surface area contributed by atoms with Gasteiger partial charge in [-0.2, -0.15) is 0 Å². The third-order valence-electron chi connectivity index (χ3n) is 13.0. The highest BCUT2D eigenvalue weighted by molar-refractivity contribution is 5.90. The molecule has 6 nitrogen and oxygen atoms in total. The van der Waals surface area contributed by atoms with Gasteiger partial charge in [-0.15, -0.1) is 0 Å². The standard InChI is InChI=1S/C61H40N6/c1-3-15-55(16-4-1)61(56-17-5-2-6-18-56)59-20-8-7-19-57(59)58-22-21-45(30-60(58)61)48-26-46(41-11-9-13-43(23-41)49-28-51(33-62-31-49)53-35-64-39-65-36-53)25-47(27-48)42-12-10-14-44(24-42)50-29-52(34-63-32-50)54-37-66-40-67-38-54/h1-40H. The zero-order valence-electron chi connectivity index (χ0n) is 36.3. The van der Waals surface area contributed by atoms with E-state index in [4.69, 9.17) is 0 Å². The number of fused-ring (bicyclic) bond motifs is 3. The van der Waals surface area contributed by atoms with Crippen LogP contribution in [0.3, 0.4) is 0 Å². The molecule has 7 aromatic carbocycles.